The van der Waals surface area contributed by atoms with Crippen LogP contribution < -0.4 is 0 Å². The van der Waals surface area contributed by atoms with E-state index in [0.717, 1.165) is 5.56 Å². The van der Waals surface area contributed by atoms with Crippen LogP contribution in [0, 0.1) is 10.1 Å². The van der Waals surface area contributed by atoms with Gasteiger partial charge in [-0.2, -0.15) is 4.31 Å². The SMILES string of the molecule is O=[N+]([O-])c1ccc(CS(=O)(=O)N(CCO)Cc2ccccc2)cc1. The third kappa shape index (κ3) is 4.85. The van der Waals surface area contributed by atoms with Crippen LogP contribution in [0.5, 0.6) is 0 Å². The van der Waals surface area contributed by atoms with Gasteiger partial charge in [0.05, 0.1) is 17.3 Å². The van der Waals surface area contributed by atoms with Crippen molar-refractivity contribution in [2.24, 2.45) is 0 Å². The zero-order valence-electron chi connectivity index (χ0n) is 12.9. The number of sulfonamides is 1. The summed E-state index contributed by atoms with van der Waals surface area (Å²) < 4.78 is 26.4. The average molecular weight is 350 g/mol. The summed E-state index contributed by atoms with van der Waals surface area (Å²) in [5, 5.41) is 19.8. The third-order valence-corrected chi connectivity index (χ3v) is 5.24. The molecule has 0 amide bonds. The molecule has 0 bridgehead atoms. The summed E-state index contributed by atoms with van der Waals surface area (Å²) in [6.45, 7) is -0.132. The van der Waals surface area contributed by atoms with Gasteiger partial charge in [-0.25, -0.2) is 8.42 Å². The number of non-ortho nitro benzene ring substituents is 1. The number of benzene rings is 2. The molecule has 8 heteroatoms. The van der Waals surface area contributed by atoms with E-state index in [9.17, 15) is 18.5 Å². The summed E-state index contributed by atoms with van der Waals surface area (Å²) in [5.41, 5.74) is 1.18. The Morgan fingerprint density at radius 2 is 1.62 bits per heavy atom. The van der Waals surface area contributed by atoms with Gasteiger partial charge in [-0.15, -0.1) is 0 Å². The molecule has 24 heavy (non-hydrogen) atoms. The van der Waals surface area contributed by atoms with Gasteiger partial charge in [-0.3, -0.25) is 10.1 Å². The molecule has 0 saturated carbocycles. The molecule has 0 radical (unpaired) electrons. The van der Waals surface area contributed by atoms with Gasteiger partial charge in [0.15, 0.2) is 0 Å². The molecule has 0 saturated heterocycles. The van der Waals surface area contributed by atoms with Crippen molar-refractivity contribution in [1.82, 2.24) is 4.31 Å². The van der Waals surface area contributed by atoms with E-state index >= 15 is 0 Å². The predicted molar refractivity (Wildman–Crippen MR) is 89.7 cm³/mol. The van der Waals surface area contributed by atoms with Crippen molar-refractivity contribution in [3.8, 4) is 0 Å². The Balaban J connectivity index is 2.16. The van der Waals surface area contributed by atoms with Crippen LogP contribution in [0.1, 0.15) is 11.1 Å². The summed E-state index contributed by atoms with van der Waals surface area (Å²) in [5.74, 6) is -0.280. The largest absolute Gasteiger partial charge is 0.395 e. The van der Waals surface area contributed by atoms with Gasteiger partial charge < -0.3 is 5.11 Å². The minimum absolute atomic E-state index is 0.00971. The van der Waals surface area contributed by atoms with Crippen molar-refractivity contribution >= 4 is 15.7 Å². The maximum atomic E-state index is 12.6. The fourth-order valence-corrected chi connectivity index (χ4v) is 3.73. The lowest BCUT2D eigenvalue weighted by atomic mass is 10.2. The molecule has 0 aliphatic carbocycles. The predicted octanol–water partition coefficient (Wildman–Crippen LogP) is 1.92. The maximum absolute atomic E-state index is 12.6. The Labute approximate surface area is 140 Å². The second-order valence-electron chi connectivity index (χ2n) is 5.22. The average Bonchev–Trinajstić information content (AvgIpc) is 2.55. The number of nitro benzene ring substituents is 1. The molecule has 2 aromatic carbocycles. The molecule has 0 heterocycles. The summed E-state index contributed by atoms with van der Waals surface area (Å²) in [6.07, 6.45) is 0. The summed E-state index contributed by atoms with van der Waals surface area (Å²) in [7, 11) is -3.67. The molecular weight excluding hydrogens is 332 g/mol. The Morgan fingerprint density at radius 1 is 1.00 bits per heavy atom. The summed E-state index contributed by atoms with van der Waals surface area (Å²) in [6, 6.07) is 14.5. The number of aliphatic hydroxyl groups excluding tert-OH is 1. The molecule has 0 fully saturated rings. The highest BCUT2D eigenvalue weighted by Crippen LogP contribution is 2.17. The van der Waals surface area contributed by atoms with Crippen molar-refractivity contribution in [1.29, 1.82) is 0 Å². The first-order valence-electron chi connectivity index (χ1n) is 7.28. The molecule has 2 aromatic rings. The Bertz CT molecular complexity index is 776. The topological polar surface area (TPSA) is 101 Å². The molecule has 0 aromatic heterocycles. The number of hydrogen-bond acceptors (Lipinski definition) is 5. The number of hydrogen-bond donors (Lipinski definition) is 1. The first-order chi connectivity index (χ1) is 11.4. The van der Waals surface area contributed by atoms with E-state index in [-0.39, 0.29) is 31.1 Å². The van der Waals surface area contributed by atoms with Crippen molar-refractivity contribution in [2.75, 3.05) is 13.2 Å². The van der Waals surface area contributed by atoms with Crippen molar-refractivity contribution in [2.45, 2.75) is 12.3 Å². The molecule has 0 spiro atoms. The van der Waals surface area contributed by atoms with E-state index in [1.165, 1.54) is 28.6 Å². The lowest BCUT2D eigenvalue weighted by Crippen LogP contribution is -2.34. The Hall–Kier alpha value is -2.29. The molecule has 128 valence electrons. The minimum atomic E-state index is -3.67. The second kappa shape index (κ2) is 8.00. The molecule has 0 unspecified atom stereocenters. The van der Waals surface area contributed by atoms with E-state index < -0.39 is 14.9 Å². The van der Waals surface area contributed by atoms with Gasteiger partial charge in [0.25, 0.3) is 5.69 Å². The molecule has 1 N–H and O–H groups in total. The van der Waals surface area contributed by atoms with Crippen LogP contribution in [0.4, 0.5) is 5.69 Å². The van der Waals surface area contributed by atoms with E-state index in [2.05, 4.69) is 0 Å². The van der Waals surface area contributed by atoms with Crippen molar-refractivity contribution in [3.63, 3.8) is 0 Å². The molecule has 0 aliphatic heterocycles. The molecule has 0 atom stereocenters. The number of nitrogens with zero attached hydrogens (tertiary/aromatic N) is 2. The summed E-state index contributed by atoms with van der Waals surface area (Å²) >= 11 is 0. The second-order valence-corrected chi connectivity index (χ2v) is 7.19. The zero-order chi connectivity index (χ0) is 17.6. The third-order valence-electron chi connectivity index (χ3n) is 3.44. The van der Waals surface area contributed by atoms with Crippen LogP contribution >= 0.6 is 0 Å². The normalized spacial score (nSPS) is 11.6. The van der Waals surface area contributed by atoms with Crippen LogP contribution in [0.15, 0.2) is 54.6 Å². The van der Waals surface area contributed by atoms with E-state index in [1.807, 2.05) is 30.3 Å². The number of rotatable bonds is 8. The van der Waals surface area contributed by atoms with Crippen LogP contribution in [0.2, 0.25) is 0 Å². The lowest BCUT2D eigenvalue weighted by molar-refractivity contribution is -0.384. The van der Waals surface area contributed by atoms with Gasteiger partial charge >= 0.3 is 0 Å². The molecule has 7 nitrogen and oxygen atoms in total. The Morgan fingerprint density at radius 3 is 2.17 bits per heavy atom. The maximum Gasteiger partial charge on any atom is 0.269 e. The van der Waals surface area contributed by atoms with Crippen molar-refractivity contribution < 1.29 is 18.4 Å². The van der Waals surface area contributed by atoms with Gasteiger partial charge in [-0.05, 0) is 11.1 Å². The van der Waals surface area contributed by atoms with E-state index in [0.29, 0.717) is 5.56 Å². The smallest absolute Gasteiger partial charge is 0.269 e. The zero-order valence-corrected chi connectivity index (χ0v) is 13.7. The van der Waals surface area contributed by atoms with Gasteiger partial charge in [-0.1, -0.05) is 42.5 Å². The van der Waals surface area contributed by atoms with Crippen LogP contribution in [-0.4, -0.2) is 35.9 Å². The van der Waals surface area contributed by atoms with Crippen LogP contribution in [0.25, 0.3) is 0 Å². The van der Waals surface area contributed by atoms with Gasteiger partial charge in [0, 0.05) is 25.2 Å². The first kappa shape index (κ1) is 18.1. The van der Waals surface area contributed by atoms with Crippen LogP contribution in [0.3, 0.4) is 0 Å². The molecule has 0 aliphatic rings. The number of nitro groups is 1. The quantitative estimate of drug-likeness (QED) is 0.579. The highest BCUT2D eigenvalue weighted by atomic mass is 32.2. The van der Waals surface area contributed by atoms with Crippen LogP contribution in [-0.2, 0) is 22.3 Å². The number of aliphatic hydroxyl groups is 1. The highest BCUT2D eigenvalue weighted by molar-refractivity contribution is 7.88. The van der Waals surface area contributed by atoms with Crippen molar-refractivity contribution in [3.05, 3.63) is 75.8 Å². The lowest BCUT2D eigenvalue weighted by Gasteiger charge is -2.21. The van der Waals surface area contributed by atoms with E-state index in [1.54, 1.807) is 0 Å². The molecular formula is C16H18N2O5S. The van der Waals surface area contributed by atoms with Gasteiger partial charge in [0.1, 0.15) is 0 Å². The summed E-state index contributed by atoms with van der Waals surface area (Å²) in [4.78, 5) is 10.1. The minimum Gasteiger partial charge on any atom is -0.395 e. The fourth-order valence-electron chi connectivity index (χ4n) is 2.23. The monoisotopic (exact) mass is 350 g/mol. The first-order valence-corrected chi connectivity index (χ1v) is 8.89. The highest BCUT2D eigenvalue weighted by Gasteiger charge is 2.22. The van der Waals surface area contributed by atoms with Gasteiger partial charge in [0.2, 0.25) is 10.0 Å². The molecule has 2 rings (SSSR count). The standard InChI is InChI=1S/C16H18N2O5S/c19-11-10-17(12-14-4-2-1-3-5-14)24(22,23)13-15-6-8-16(9-7-15)18(20)21/h1-9,19H,10-13H2. The van der Waals surface area contributed by atoms with E-state index in [4.69, 9.17) is 5.11 Å². The Kier molecular flexibility index (Phi) is 6.02. The fraction of sp³-hybridized carbons (Fsp3) is 0.250.